The van der Waals surface area contributed by atoms with Gasteiger partial charge in [0.2, 0.25) is 0 Å². The molecular weight excluding hydrogens is 288 g/mol. The van der Waals surface area contributed by atoms with Crippen LogP contribution in [-0.2, 0) is 0 Å². The largest absolute Gasteiger partial charge is 0.370 e. The van der Waals surface area contributed by atoms with Gasteiger partial charge in [0.15, 0.2) is 0 Å². The second-order valence-corrected chi connectivity index (χ2v) is 5.71. The fourth-order valence-corrected chi connectivity index (χ4v) is 2.44. The average molecular weight is 307 g/mol. The third kappa shape index (κ3) is 2.37. The van der Waals surface area contributed by atoms with Gasteiger partial charge in [0.05, 0.1) is 5.52 Å². The van der Waals surface area contributed by atoms with Crippen LogP contribution in [0.5, 0.6) is 0 Å². The first-order valence-electron chi connectivity index (χ1n) is 6.38. The maximum atomic E-state index is 4.81. The van der Waals surface area contributed by atoms with Gasteiger partial charge in [0, 0.05) is 16.4 Å². The number of pyridine rings is 1. The lowest BCUT2D eigenvalue weighted by Crippen LogP contribution is -2.05. The van der Waals surface area contributed by atoms with Crippen LogP contribution < -0.4 is 5.32 Å². The van der Waals surface area contributed by atoms with E-state index in [2.05, 4.69) is 67.1 Å². The van der Waals surface area contributed by atoms with Crippen molar-refractivity contribution in [2.24, 2.45) is 0 Å². The van der Waals surface area contributed by atoms with Gasteiger partial charge >= 0.3 is 0 Å². The lowest BCUT2D eigenvalue weighted by atomic mass is 10.0. The molecule has 96 valence electrons. The maximum Gasteiger partial charge on any atom is 0.130 e. The molecule has 0 amide bonds. The minimum atomic E-state index is 0.472. The molecule has 0 bridgehead atoms. The quantitative estimate of drug-likeness (QED) is 0.876. The summed E-state index contributed by atoms with van der Waals surface area (Å²) in [4.78, 5) is 4.81. The van der Waals surface area contributed by atoms with Gasteiger partial charge in [-0.25, -0.2) is 4.98 Å². The number of aromatic nitrogens is 1. The van der Waals surface area contributed by atoms with Crippen molar-refractivity contribution in [3.8, 4) is 0 Å². The monoisotopic (exact) mass is 306 g/mol. The van der Waals surface area contributed by atoms with Crippen molar-refractivity contribution in [1.82, 2.24) is 4.98 Å². The molecule has 2 rings (SSSR count). The zero-order valence-corrected chi connectivity index (χ0v) is 12.9. The Bertz CT molecular complexity index is 576. The van der Waals surface area contributed by atoms with Gasteiger partial charge in [-0.2, -0.15) is 0 Å². The molecule has 0 aliphatic heterocycles. The molecule has 2 nitrogen and oxygen atoms in total. The van der Waals surface area contributed by atoms with Crippen molar-refractivity contribution < 1.29 is 0 Å². The molecule has 0 fully saturated rings. The molecule has 0 radical (unpaired) electrons. The topological polar surface area (TPSA) is 24.9 Å². The summed E-state index contributed by atoms with van der Waals surface area (Å²) in [6, 6.07) is 6.47. The fourth-order valence-electron chi connectivity index (χ4n) is 2.12. The Hall–Kier alpha value is -1.09. The van der Waals surface area contributed by atoms with Gasteiger partial charge in [-0.3, -0.25) is 0 Å². The summed E-state index contributed by atoms with van der Waals surface area (Å²) in [7, 11) is 0. The Balaban J connectivity index is 2.72. The maximum absolute atomic E-state index is 4.81. The smallest absolute Gasteiger partial charge is 0.130 e. The Labute approximate surface area is 117 Å². The third-order valence-corrected chi connectivity index (χ3v) is 4.03. The van der Waals surface area contributed by atoms with Crippen molar-refractivity contribution >= 4 is 32.7 Å². The van der Waals surface area contributed by atoms with E-state index in [1.165, 1.54) is 16.5 Å². The van der Waals surface area contributed by atoms with Crippen molar-refractivity contribution in [2.75, 3.05) is 11.9 Å². The highest BCUT2D eigenvalue weighted by Crippen LogP contribution is 2.30. The molecule has 0 spiro atoms. The van der Waals surface area contributed by atoms with Crippen LogP contribution in [0.2, 0.25) is 0 Å². The Morgan fingerprint density at radius 3 is 2.67 bits per heavy atom. The molecule has 18 heavy (non-hydrogen) atoms. The summed E-state index contributed by atoms with van der Waals surface area (Å²) < 4.78 is 1.11. The minimum Gasteiger partial charge on any atom is -0.370 e. The molecule has 0 saturated carbocycles. The molecule has 0 unspecified atom stereocenters. The number of aryl methyl sites for hydroxylation is 1. The molecule has 1 aromatic carbocycles. The van der Waals surface area contributed by atoms with Gasteiger partial charge < -0.3 is 5.32 Å². The van der Waals surface area contributed by atoms with Crippen molar-refractivity contribution in [3.05, 3.63) is 33.8 Å². The van der Waals surface area contributed by atoms with Gasteiger partial charge in [-0.05, 0) is 43.0 Å². The average Bonchev–Trinajstić information content (AvgIpc) is 2.34. The molecule has 0 atom stereocenters. The number of nitrogens with one attached hydrogen (secondary N) is 1. The highest BCUT2D eigenvalue weighted by Gasteiger charge is 2.11. The molecule has 1 aromatic heterocycles. The molecular formula is C15H19BrN2. The van der Waals surface area contributed by atoms with Crippen LogP contribution in [0.1, 0.15) is 37.8 Å². The lowest BCUT2D eigenvalue weighted by Gasteiger charge is -2.15. The van der Waals surface area contributed by atoms with E-state index in [1.54, 1.807) is 0 Å². The summed E-state index contributed by atoms with van der Waals surface area (Å²) in [5, 5.41) is 4.58. The Kier molecular flexibility index (Phi) is 3.91. The normalized spacial score (nSPS) is 11.2. The highest BCUT2D eigenvalue weighted by atomic mass is 79.9. The number of rotatable bonds is 3. The molecule has 1 heterocycles. The van der Waals surface area contributed by atoms with Crippen LogP contribution in [0.3, 0.4) is 0 Å². The summed E-state index contributed by atoms with van der Waals surface area (Å²) >= 11 is 3.57. The summed E-state index contributed by atoms with van der Waals surface area (Å²) in [5.74, 6) is 1.49. The van der Waals surface area contributed by atoms with Crippen LogP contribution in [0.15, 0.2) is 22.7 Å². The van der Waals surface area contributed by atoms with Crippen LogP contribution in [-0.4, -0.2) is 11.5 Å². The number of fused-ring (bicyclic) bond motifs is 1. The van der Waals surface area contributed by atoms with E-state index in [4.69, 9.17) is 4.98 Å². The van der Waals surface area contributed by atoms with E-state index in [9.17, 15) is 0 Å². The SMILES string of the molecule is CCNc1nc2c(C)c(Br)ccc2cc1C(C)C. The Morgan fingerprint density at radius 1 is 1.33 bits per heavy atom. The number of halogens is 1. The molecule has 3 heteroatoms. The van der Waals surface area contributed by atoms with E-state index < -0.39 is 0 Å². The zero-order chi connectivity index (χ0) is 13.3. The molecule has 2 aromatic rings. The second kappa shape index (κ2) is 5.27. The molecule has 0 aliphatic rings. The Morgan fingerprint density at radius 2 is 2.06 bits per heavy atom. The lowest BCUT2D eigenvalue weighted by molar-refractivity contribution is 0.861. The van der Waals surface area contributed by atoms with Crippen molar-refractivity contribution in [3.63, 3.8) is 0 Å². The van der Waals surface area contributed by atoms with E-state index in [-0.39, 0.29) is 0 Å². The van der Waals surface area contributed by atoms with Crippen molar-refractivity contribution in [2.45, 2.75) is 33.6 Å². The van der Waals surface area contributed by atoms with Gasteiger partial charge in [-0.1, -0.05) is 35.8 Å². The fraction of sp³-hybridized carbons (Fsp3) is 0.400. The number of nitrogens with zero attached hydrogens (tertiary/aromatic N) is 1. The third-order valence-electron chi connectivity index (χ3n) is 3.17. The van der Waals surface area contributed by atoms with E-state index >= 15 is 0 Å². The zero-order valence-electron chi connectivity index (χ0n) is 11.3. The molecule has 0 saturated heterocycles. The van der Waals surface area contributed by atoms with E-state index in [0.29, 0.717) is 5.92 Å². The van der Waals surface area contributed by atoms with Gasteiger partial charge in [0.25, 0.3) is 0 Å². The van der Waals surface area contributed by atoms with Crippen LogP contribution >= 0.6 is 15.9 Å². The first kappa shape index (κ1) is 13.3. The molecule has 0 aliphatic carbocycles. The number of hydrogen-bond acceptors (Lipinski definition) is 2. The standard InChI is InChI=1S/C15H19BrN2/c1-5-17-15-12(9(2)3)8-11-6-7-13(16)10(4)14(11)18-15/h6-9H,5H2,1-4H3,(H,17,18). The van der Waals surface area contributed by atoms with Crippen molar-refractivity contribution in [1.29, 1.82) is 0 Å². The van der Waals surface area contributed by atoms with Gasteiger partial charge in [0.1, 0.15) is 5.82 Å². The first-order chi connectivity index (χ1) is 8.54. The minimum absolute atomic E-state index is 0.472. The number of hydrogen-bond donors (Lipinski definition) is 1. The number of anilines is 1. The number of benzene rings is 1. The van der Waals surface area contributed by atoms with Gasteiger partial charge in [-0.15, -0.1) is 0 Å². The van der Waals surface area contributed by atoms with Crippen LogP contribution in [0.4, 0.5) is 5.82 Å². The predicted molar refractivity (Wildman–Crippen MR) is 82.4 cm³/mol. The highest BCUT2D eigenvalue weighted by molar-refractivity contribution is 9.10. The summed E-state index contributed by atoms with van der Waals surface area (Å²) in [6.45, 7) is 9.50. The second-order valence-electron chi connectivity index (χ2n) is 4.86. The van der Waals surface area contributed by atoms with Crippen LogP contribution in [0.25, 0.3) is 10.9 Å². The van der Waals surface area contributed by atoms with E-state index in [1.807, 2.05) is 0 Å². The molecule has 1 N–H and O–H groups in total. The summed E-state index contributed by atoms with van der Waals surface area (Å²) in [6.07, 6.45) is 0. The summed E-state index contributed by atoms with van der Waals surface area (Å²) in [5.41, 5.74) is 3.55. The first-order valence-corrected chi connectivity index (χ1v) is 7.17. The van der Waals surface area contributed by atoms with E-state index in [0.717, 1.165) is 22.4 Å². The predicted octanol–water partition coefficient (Wildman–Crippen LogP) is 4.86. The van der Waals surface area contributed by atoms with Crippen LogP contribution in [0, 0.1) is 6.92 Å².